The monoisotopic (exact) mass is 1120 g/mol. The van der Waals surface area contributed by atoms with Crippen molar-refractivity contribution in [3.05, 3.63) is 166 Å². The molecule has 0 aliphatic carbocycles. The van der Waals surface area contributed by atoms with Crippen molar-refractivity contribution in [2.45, 2.75) is 37.5 Å². The van der Waals surface area contributed by atoms with Gasteiger partial charge in [-0.15, -0.1) is 15.3 Å². The van der Waals surface area contributed by atoms with Gasteiger partial charge in [0.1, 0.15) is 43.6 Å². The standard InChI is InChI=1S/2C26H22ClN3O6S.Ca/c2*1-3-36-18-11-9-17(10-12-18)28-26(32)20-14-16-6-4-5-7-19(16)22(24(20)31)29-30-23-21(27)13-8-15(2)25(23)37(33,34)35;/h2*4-14,31H,3H2,1-2H3,(H,28,32)(H,33,34,35);/q;;+2/p-2. The van der Waals surface area contributed by atoms with Gasteiger partial charge in [-0.2, -0.15) is 13.5 Å². The Balaban J connectivity index is 0.000000241. The Bertz CT molecular complexity index is 3530. The Labute approximate surface area is 470 Å². The number of carbonyl (C=O) groups excluding carboxylic acids is 2. The van der Waals surface area contributed by atoms with Crippen molar-refractivity contribution in [3.63, 3.8) is 0 Å². The molecule has 0 saturated carbocycles. The van der Waals surface area contributed by atoms with Crippen molar-refractivity contribution in [2.24, 2.45) is 20.5 Å². The minimum atomic E-state index is -4.95. The summed E-state index contributed by atoms with van der Waals surface area (Å²) in [4.78, 5) is 25.0. The fraction of sp³-hybridized carbons (Fsp3) is 0.115. The number of rotatable bonds is 14. The van der Waals surface area contributed by atoms with E-state index in [2.05, 4.69) is 31.1 Å². The van der Waals surface area contributed by atoms with E-state index >= 15 is 0 Å². The first kappa shape index (κ1) is 57.6. The Morgan fingerprint density at radius 2 is 0.987 bits per heavy atom. The molecule has 8 aromatic carbocycles. The molecule has 0 bridgehead atoms. The van der Waals surface area contributed by atoms with E-state index in [4.69, 9.17) is 32.7 Å². The van der Waals surface area contributed by atoms with Crippen molar-refractivity contribution < 1.29 is 55.2 Å². The second kappa shape index (κ2) is 24.7. The number of halogens is 2. The fourth-order valence-electron chi connectivity index (χ4n) is 7.49. The molecule has 75 heavy (non-hydrogen) atoms. The zero-order valence-corrected chi connectivity index (χ0v) is 45.5. The second-order valence-electron chi connectivity index (χ2n) is 15.9. The normalized spacial score (nSPS) is 11.5. The summed E-state index contributed by atoms with van der Waals surface area (Å²) in [6, 6.07) is 35.5. The maximum atomic E-state index is 13.4. The fourth-order valence-corrected chi connectivity index (χ4v) is 9.71. The van der Waals surface area contributed by atoms with Gasteiger partial charge >= 0.3 is 37.7 Å². The molecule has 2 amide bonds. The number of benzene rings is 8. The number of nitrogens with zero attached hydrogens (tertiary/aromatic N) is 4. The van der Waals surface area contributed by atoms with E-state index in [0.29, 0.717) is 57.6 Å². The summed E-state index contributed by atoms with van der Waals surface area (Å²) in [6.07, 6.45) is 0. The SMILES string of the molecule is CCOc1ccc(NC(=O)c2cc3ccccc3c(N=Nc3c(Cl)ccc(C)c3S(=O)(=O)O)c2O)cc1.CCOc1ccc(NC(=O)c2cc3ccccc3c(N=Nc3c(Cl)ccc(C)c3S(=O)(=O)[O-])c2[O-])cc1.[Ca+2]. The molecule has 0 aliphatic rings. The number of amides is 2. The molecule has 0 aromatic heterocycles. The molecule has 0 saturated heterocycles. The van der Waals surface area contributed by atoms with Crippen molar-refractivity contribution in [1.29, 1.82) is 0 Å². The van der Waals surface area contributed by atoms with Gasteiger partial charge in [0, 0.05) is 27.7 Å². The number of azo groups is 2. The van der Waals surface area contributed by atoms with Gasteiger partial charge in [-0.1, -0.05) is 89.6 Å². The van der Waals surface area contributed by atoms with E-state index in [9.17, 15) is 45.7 Å². The molecule has 4 N–H and O–H groups in total. The molecule has 0 heterocycles. The quantitative estimate of drug-likeness (QED) is 0.0449. The number of phenolic OH excluding ortho intramolecular Hbond substituents is 1. The maximum absolute atomic E-state index is 13.4. The van der Waals surface area contributed by atoms with Gasteiger partial charge in [0.05, 0.1) is 39.4 Å². The predicted molar refractivity (Wildman–Crippen MR) is 284 cm³/mol. The molecular formula is C52H42CaCl2N6O12S2. The number of hydrogen-bond acceptors (Lipinski definition) is 15. The van der Waals surface area contributed by atoms with Crippen molar-refractivity contribution in [3.8, 4) is 23.0 Å². The van der Waals surface area contributed by atoms with Crippen LogP contribution in [0.2, 0.25) is 10.0 Å². The van der Waals surface area contributed by atoms with Crippen LogP contribution in [0.3, 0.4) is 0 Å². The van der Waals surface area contributed by atoms with Gasteiger partial charge in [0.2, 0.25) is 0 Å². The zero-order chi connectivity index (χ0) is 53.5. The smallest absolute Gasteiger partial charge is 0.870 e. The summed E-state index contributed by atoms with van der Waals surface area (Å²) < 4.78 is 80.0. The first-order chi connectivity index (χ1) is 35.2. The van der Waals surface area contributed by atoms with Gasteiger partial charge in [-0.25, -0.2) is 8.42 Å². The Morgan fingerprint density at radius 1 is 0.587 bits per heavy atom. The maximum Gasteiger partial charge on any atom is 2.00 e. The molecule has 380 valence electrons. The molecule has 0 radical (unpaired) electrons. The van der Waals surface area contributed by atoms with Crippen molar-refractivity contribution in [1.82, 2.24) is 0 Å². The molecule has 0 unspecified atom stereocenters. The third-order valence-electron chi connectivity index (χ3n) is 10.9. The van der Waals surface area contributed by atoms with Gasteiger partial charge in [0.25, 0.3) is 21.9 Å². The molecule has 18 nitrogen and oxygen atoms in total. The van der Waals surface area contributed by atoms with E-state index in [1.807, 2.05) is 13.8 Å². The molecule has 23 heteroatoms. The summed E-state index contributed by atoms with van der Waals surface area (Å²) in [5, 5.41) is 47.5. The molecule has 0 atom stereocenters. The van der Waals surface area contributed by atoms with E-state index in [0.717, 1.165) is 0 Å². The molecule has 0 spiro atoms. The van der Waals surface area contributed by atoms with Crippen molar-refractivity contribution >= 4 is 149 Å². The number of aryl methyl sites for hydroxylation is 2. The van der Waals surface area contributed by atoms with Crippen LogP contribution in [-0.4, -0.2) is 93.8 Å². The summed E-state index contributed by atoms with van der Waals surface area (Å²) in [7, 11) is -9.63. The minimum Gasteiger partial charge on any atom is -0.870 e. The van der Waals surface area contributed by atoms with E-state index in [1.54, 1.807) is 97.1 Å². The number of hydrogen-bond donors (Lipinski definition) is 4. The van der Waals surface area contributed by atoms with E-state index in [-0.39, 0.29) is 92.8 Å². The summed E-state index contributed by atoms with van der Waals surface area (Å²) in [6.45, 7) is 7.61. The number of aromatic hydroxyl groups is 1. The summed E-state index contributed by atoms with van der Waals surface area (Å²) in [5.74, 6) is -1.20. The van der Waals surface area contributed by atoms with Gasteiger partial charge < -0.3 is 34.9 Å². The van der Waals surface area contributed by atoms with Gasteiger partial charge in [0.15, 0.2) is 5.75 Å². The Morgan fingerprint density at radius 3 is 1.45 bits per heavy atom. The first-order valence-corrected chi connectivity index (χ1v) is 25.7. The number of phenols is 1. The average molecular weight is 1120 g/mol. The number of fused-ring (bicyclic) bond motifs is 2. The molecule has 8 aromatic rings. The second-order valence-corrected chi connectivity index (χ2v) is 19.4. The van der Waals surface area contributed by atoms with Crippen LogP contribution in [0.25, 0.3) is 21.5 Å². The minimum absolute atomic E-state index is 0. The van der Waals surface area contributed by atoms with Gasteiger partial charge in [-0.3, -0.25) is 14.1 Å². The van der Waals surface area contributed by atoms with Crippen molar-refractivity contribution in [2.75, 3.05) is 23.8 Å². The number of nitrogens with one attached hydrogen (secondary N) is 2. The molecule has 0 aliphatic heterocycles. The summed E-state index contributed by atoms with van der Waals surface area (Å²) in [5.41, 5.74) is 0.0225. The van der Waals surface area contributed by atoms with Crippen LogP contribution in [-0.2, 0) is 20.2 Å². The van der Waals surface area contributed by atoms with E-state index < -0.39 is 53.3 Å². The molecule has 0 fully saturated rings. The van der Waals surface area contributed by atoms with E-state index in [1.165, 1.54) is 50.2 Å². The molecular weight excluding hydrogens is 1080 g/mol. The largest absolute Gasteiger partial charge is 2.00 e. The summed E-state index contributed by atoms with van der Waals surface area (Å²) >= 11 is 12.3. The third kappa shape index (κ3) is 13.6. The number of carbonyl (C=O) groups is 2. The van der Waals surface area contributed by atoms with Crippen LogP contribution in [0.1, 0.15) is 45.7 Å². The van der Waals surface area contributed by atoms with Gasteiger partial charge in [-0.05, 0) is 122 Å². The Hall–Kier alpha value is -6.72. The number of anilines is 2. The van der Waals surface area contributed by atoms with Crippen LogP contribution in [0, 0.1) is 13.8 Å². The Kier molecular flexibility index (Phi) is 19.0. The number of ether oxygens (including phenoxy) is 2. The first-order valence-electron chi connectivity index (χ1n) is 22.1. The third-order valence-corrected chi connectivity index (χ3v) is 13.5. The average Bonchev–Trinajstić information content (AvgIpc) is 3.35. The van der Waals surface area contributed by atoms with Crippen LogP contribution < -0.4 is 25.2 Å². The topological polar surface area (TPSA) is 281 Å². The van der Waals surface area contributed by atoms with Crippen LogP contribution >= 0.6 is 23.2 Å². The predicted octanol–water partition coefficient (Wildman–Crippen LogP) is 12.3. The van der Waals surface area contributed by atoms with Crippen LogP contribution in [0.5, 0.6) is 23.0 Å². The van der Waals surface area contributed by atoms with Crippen LogP contribution in [0.15, 0.2) is 164 Å². The molecule has 8 rings (SSSR count). The van der Waals surface area contributed by atoms with Crippen LogP contribution in [0.4, 0.5) is 34.1 Å². The zero-order valence-electron chi connectivity index (χ0n) is 40.2.